The van der Waals surface area contributed by atoms with Crippen molar-refractivity contribution in [1.29, 1.82) is 0 Å². The van der Waals surface area contributed by atoms with Gasteiger partial charge in [0.1, 0.15) is 5.82 Å². The quantitative estimate of drug-likeness (QED) is 0.802. The average Bonchev–Trinajstić information content (AvgIpc) is 2.58. The van der Waals surface area contributed by atoms with Gasteiger partial charge in [-0.2, -0.15) is 5.10 Å². The Labute approximate surface area is 138 Å². The lowest BCUT2D eigenvalue weighted by atomic mass is 10.0. The molecule has 2 aromatic heterocycles. The first-order valence-electron chi connectivity index (χ1n) is 7.20. The maximum atomic E-state index is 11.7. The number of nitrogens with two attached hydrogens (primary N) is 1. The van der Waals surface area contributed by atoms with Gasteiger partial charge >= 0.3 is 0 Å². The van der Waals surface area contributed by atoms with Crippen molar-refractivity contribution in [3.8, 4) is 22.5 Å². The van der Waals surface area contributed by atoms with E-state index in [2.05, 4.69) is 10.1 Å². The molecule has 0 fully saturated rings. The minimum Gasteiger partial charge on any atom is -0.382 e. The van der Waals surface area contributed by atoms with Gasteiger partial charge in [0.05, 0.1) is 16.4 Å². The molecule has 0 aliphatic carbocycles. The summed E-state index contributed by atoms with van der Waals surface area (Å²) in [6.45, 7) is 2.36. The molecule has 0 saturated heterocycles. The predicted octanol–water partition coefficient (Wildman–Crippen LogP) is 3.23. The molecule has 0 saturated carbocycles. The van der Waals surface area contributed by atoms with Gasteiger partial charge in [-0.15, -0.1) is 0 Å². The van der Waals surface area contributed by atoms with E-state index in [0.29, 0.717) is 23.0 Å². The molecule has 116 valence electrons. The Morgan fingerprint density at radius 1 is 1.17 bits per heavy atom. The van der Waals surface area contributed by atoms with Crippen LogP contribution in [-0.2, 0) is 6.54 Å². The summed E-state index contributed by atoms with van der Waals surface area (Å²) in [6.07, 6.45) is 0. The van der Waals surface area contributed by atoms with Crippen molar-refractivity contribution in [1.82, 2.24) is 14.8 Å². The summed E-state index contributed by atoms with van der Waals surface area (Å²) in [6, 6.07) is 14.5. The number of hydrogen-bond acceptors (Lipinski definition) is 4. The minimum absolute atomic E-state index is 0.146. The molecule has 0 aliphatic heterocycles. The molecule has 3 rings (SSSR count). The molecule has 23 heavy (non-hydrogen) atoms. The van der Waals surface area contributed by atoms with Gasteiger partial charge in [-0.3, -0.25) is 4.79 Å². The van der Waals surface area contributed by atoms with E-state index in [1.807, 2.05) is 37.3 Å². The van der Waals surface area contributed by atoms with Crippen LogP contribution in [0.3, 0.4) is 0 Å². The molecule has 0 unspecified atom stereocenters. The molecular weight excluding hydrogens is 312 g/mol. The van der Waals surface area contributed by atoms with Gasteiger partial charge in [0.15, 0.2) is 0 Å². The fourth-order valence-corrected chi connectivity index (χ4v) is 2.48. The van der Waals surface area contributed by atoms with Gasteiger partial charge in [0.25, 0.3) is 5.56 Å². The zero-order valence-corrected chi connectivity index (χ0v) is 13.3. The molecule has 2 N–H and O–H groups in total. The normalized spacial score (nSPS) is 10.7. The lowest BCUT2D eigenvalue weighted by molar-refractivity contribution is 0.619. The summed E-state index contributed by atoms with van der Waals surface area (Å²) in [4.78, 5) is 16.2. The highest BCUT2D eigenvalue weighted by molar-refractivity contribution is 6.33. The van der Waals surface area contributed by atoms with Crippen LogP contribution in [-0.4, -0.2) is 14.8 Å². The van der Waals surface area contributed by atoms with E-state index in [1.54, 1.807) is 12.1 Å². The van der Waals surface area contributed by atoms with Crippen molar-refractivity contribution >= 4 is 17.4 Å². The van der Waals surface area contributed by atoms with E-state index in [4.69, 9.17) is 17.3 Å². The fraction of sp³-hybridized carbons (Fsp3) is 0.118. The Morgan fingerprint density at radius 2 is 1.91 bits per heavy atom. The van der Waals surface area contributed by atoms with Crippen LogP contribution < -0.4 is 11.3 Å². The highest BCUT2D eigenvalue weighted by atomic mass is 35.5. The van der Waals surface area contributed by atoms with Gasteiger partial charge in [-0.05, 0) is 19.1 Å². The second-order valence-electron chi connectivity index (χ2n) is 4.99. The predicted molar refractivity (Wildman–Crippen MR) is 92.3 cm³/mol. The molecule has 0 atom stereocenters. The Balaban J connectivity index is 2.26. The van der Waals surface area contributed by atoms with E-state index < -0.39 is 0 Å². The van der Waals surface area contributed by atoms with Crippen molar-refractivity contribution in [3.63, 3.8) is 0 Å². The van der Waals surface area contributed by atoms with E-state index in [-0.39, 0.29) is 11.4 Å². The van der Waals surface area contributed by atoms with Crippen LogP contribution in [0.2, 0.25) is 5.02 Å². The summed E-state index contributed by atoms with van der Waals surface area (Å²) in [5.41, 5.74) is 8.67. The van der Waals surface area contributed by atoms with Gasteiger partial charge < -0.3 is 5.73 Å². The second kappa shape index (κ2) is 6.22. The van der Waals surface area contributed by atoms with E-state index in [9.17, 15) is 4.79 Å². The Hall–Kier alpha value is -2.66. The van der Waals surface area contributed by atoms with Crippen LogP contribution in [0, 0.1) is 0 Å². The van der Waals surface area contributed by atoms with Crippen molar-refractivity contribution in [2.24, 2.45) is 0 Å². The first-order valence-corrected chi connectivity index (χ1v) is 7.58. The molecule has 0 bridgehead atoms. The summed E-state index contributed by atoms with van der Waals surface area (Å²) in [7, 11) is 0. The number of aryl methyl sites for hydroxylation is 1. The van der Waals surface area contributed by atoms with Crippen molar-refractivity contribution in [3.05, 3.63) is 63.9 Å². The van der Waals surface area contributed by atoms with Gasteiger partial charge in [0, 0.05) is 23.7 Å². The molecule has 5 nitrogen and oxygen atoms in total. The Bertz CT molecular complexity index is 906. The fourth-order valence-electron chi connectivity index (χ4n) is 2.33. The number of aromatic nitrogens is 3. The number of halogens is 1. The Kier molecular flexibility index (Phi) is 4.12. The van der Waals surface area contributed by atoms with Crippen molar-refractivity contribution < 1.29 is 0 Å². The number of nitrogen functional groups attached to an aromatic ring is 1. The monoisotopic (exact) mass is 326 g/mol. The second-order valence-corrected chi connectivity index (χ2v) is 5.40. The lowest BCUT2D eigenvalue weighted by Gasteiger charge is -2.12. The van der Waals surface area contributed by atoms with Gasteiger partial charge in [-0.25, -0.2) is 9.67 Å². The molecular formula is C17H15ClN4O. The van der Waals surface area contributed by atoms with Gasteiger partial charge in [-0.1, -0.05) is 41.9 Å². The number of anilines is 1. The summed E-state index contributed by atoms with van der Waals surface area (Å²) in [5.74, 6) is 0.262. The number of nitrogens with zero attached hydrogens (tertiary/aromatic N) is 3. The summed E-state index contributed by atoms with van der Waals surface area (Å²) < 4.78 is 1.40. The van der Waals surface area contributed by atoms with Crippen LogP contribution >= 0.6 is 11.6 Å². The third-order valence-electron chi connectivity index (χ3n) is 3.49. The molecule has 2 heterocycles. The lowest BCUT2D eigenvalue weighted by Crippen LogP contribution is -2.21. The Morgan fingerprint density at radius 3 is 2.61 bits per heavy atom. The van der Waals surface area contributed by atoms with E-state index in [0.717, 1.165) is 11.1 Å². The summed E-state index contributed by atoms with van der Waals surface area (Å²) in [5, 5.41) is 4.74. The largest absolute Gasteiger partial charge is 0.382 e. The first-order chi connectivity index (χ1) is 11.1. The van der Waals surface area contributed by atoms with E-state index in [1.165, 1.54) is 10.7 Å². The van der Waals surface area contributed by atoms with Gasteiger partial charge in [0.2, 0.25) is 0 Å². The molecule has 0 amide bonds. The number of rotatable bonds is 3. The number of benzene rings is 1. The maximum Gasteiger partial charge on any atom is 0.266 e. The van der Waals surface area contributed by atoms with Crippen LogP contribution in [0.4, 0.5) is 5.82 Å². The molecule has 0 aliphatic rings. The third-order valence-corrected chi connectivity index (χ3v) is 3.80. The van der Waals surface area contributed by atoms with E-state index >= 15 is 0 Å². The zero-order valence-electron chi connectivity index (χ0n) is 12.5. The molecule has 0 spiro atoms. The smallest absolute Gasteiger partial charge is 0.266 e. The number of pyridine rings is 1. The first kappa shape index (κ1) is 15.2. The minimum atomic E-state index is -0.146. The van der Waals surface area contributed by atoms with Crippen LogP contribution in [0.1, 0.15) is 6.92 Å². The van der Waals surface area contributed by atoms with Crippen LogP contribution in [0.5, 0.6) is 0 Å². The highest BCUT2D eigenvalue weighted by Crippen LogP contribution is 2.33. The topological polar surface area (TPSA) is 73.8 Å². The highest BCUT2D eigenvalue weighted by Gasteiger charge is 2.14. The summed E-state index contributed by atoms with van der Waals surface area (Å²) >= 11 is 6.14. The molecule has 1 aromatic carbocycles. The van der Waals surface area contributed by atoms with Crippen LogP contribution in [0.25, 0.3) is 22.5 Å². The molecule has 6 heteroatoms. The molecule has 0 radical (unpaired) electrons. The standard InChI is InChI=1S/C17H15ClN4O/c1-2-22-15(23)9-8-14(21-22)12-10-13(18)17(19)20-16(12)11-6-4-3-5-7-11/h3-10H,2H2,1H3,(H2,19,20). The third kappa shape index (κ3) is 2.96. The molecule has 3 aromatic rings. The zero-order chi connectivity index (χ0) is 16.4. The average molecular weight is 327 g/mol. The van der Waals surface area contributed by atoms with Crippen LogP contribution in [0.15, 0.2) is 53.3 Å². The number of hydrogen-bond donors (Lipinski definition) is 1. The van der Waals surface area contributed by atoms with Crippen molar-refractivity contribution in [2.45, 2.75) is 13.5 Å². The maximum absolute atomic E-state index is 11.7. The SMILES string of the molecule is CCn1nc(-c2cc(Cl)c(N)nc2-c2ccccc2)ccc1=O. The van der Waals surface area contributed by atoms with Crippen molar-refractivity contribution in [2.75, 3.05) is 5.73 Å².